The monoisotopic (exact) mass is 324 g/mol. The molecule has 2 amide bonds. The van der Waals surface area contributed by atoms with Crippen LogP contribution in [-0.4, -0.2) is 29.1 Å². The molecule has 2 rings (SSSR count). The molecular weight excluding hydrogens is 304 g/mol. The summed E-state index contributed by atoms with van der Waals surface area (Å²) in [6.07, 6.45) is 1.50. The number of amides is 2. The van der Waals surface area contributed by atoms with Gasteiger partial charge in [-0.05, 0) is 51.3 Å². The first-order valence-corrected chi connectivity index (χ1v) is 7.85. The van der Waals surface area contributed by atoms with E-state index >= 15 is 0 Å². The van der Waals surface area contributed by atoms with Crippen LogP contribution in [0.3, 0.4) is 0 Å². The van der Waals surface area contributed by atoms with Crippen molar-refractivity contribution in [1.29, 1.82) is 0 Å². The van der Waals surface area contributed by atoms with E-state index < -0.39 is 12.0 Å². The molecule has 2 atom stereocenters. The van der Waals surface area contributed by atoms with E-state index in [9.17, 15) is 14.7 Å². The van der Waals surface area contributed by atoms with Gasteiger partial charge < -0.3 is 15.7 Å². The highest BCUT2D eigenvalue weighted by atomic mass is 35.5. The zero-order chi connectivity index (χ0) is 16.3. The highest BCUT2D eigenvalue weighted by Crippen LogP contribution is 2.28. The molecule has 0 radical (unpaired) electrons. The number of aliphatic hydroxyl groups excluding tert-OH is 1. The lowest BCUT2D eigenvalue weighted by atomic mass is 10.0. The van der Waals surface area contributed by atoms with Gasteiger partial charge in [0.25, 0.3) is 5.91 Å². The van der Waals surface area contributed by atoms with Gasteiger partial charge in [-0.2, -0.15) is 0 Å². The smallest absolute Gasteiger partial charge is 0.253 e. The predicted molar refractivity (Wildman–Crippen MR) is 86.0 cm³/mol. The third-order valence-electron chi connectivity index (χ3n) is 3.72. The third kappa shape index (κ3) is 3.99. The van der Waals surface area contributed by atoms with E-state index in [1.807, 2.05) is 13.8 Å². The SMILES string of the molecule is CC(C)NC(=O)c1ccc(Cl)cc1NC(=O)C1CCCC1O. The van der Waals surface area contributed by atoms with Crippen LogP contribution in [-0.2, 0) is 4.79 Å². The number of carbonyl (C=O) groups is 2. The van der Waals surface area contributed by atoms with E-state index in [-0.39, 0.29) is 17.9 Å². The molecule has 3 N–H and O–H groups in total. The number of carbonyl (C=O) groups excluding carboxylic acids is 2. The Morgan fingerprint density at radius 1 is 1.32 bits per heavy atom. The van der Waals surface area contributed by atoms with Crippen LogP contribution >= 0.6 is 11.6 Å². The van der Waals surface area contributed by atoms with Crippen LogP contribution in [0.15, 0.2) is 18.2 Å². The van der Waals surface area contributed by atoms with Gasteiger partial charge in [0.05, 0.1) is 23.3 Å². The lowest BCUT2D eigenvalue weighted by Gasteiger charge is -2.17. The van der Waals surface area contributed by atoms with Crippen molar-refractivity contribution in [3.63, 3.8) is 0 Å². The Morgan fingerprint density at radius 2 is 2.05 bits per heavy atom. The molecule has 0 aromatic heterocycles. The highest BCUT2D eigenvalue weighted by Gasteiger charge is 2.32. The number of anilines is 1. The molecule has 6 heteroatoms. The van der Waals surface area contributed by atoms with Gasteiger partial charge in [0.15, 0.2) is 0 Å². The van der Waals surface area contributed by atoms with Crippen molar-refractivity contribution in [2.75, 3.05) is 5.32 Å². The molecule has 22 heavy (non-hydrogen) atoms. The van der Waals surface area contributed by atoms with E-state index in [1.165, 1.54) is 0 Å². The van der Waals surface area contributed by atoms with Crippen LogP contribution in [0.25, 0.3) is 0 Å². The maximum absolute atomic E-state index is 12.3. The lowest BCUT2D eigenvalue weighted by molar-refractivity contribution is -0.122. The van der Waals surface area contributed by atoms with Crippen LogP contribution in [0.4, 0.5) is 5.69 Å². The number of rotatable bonds is 4. The fourth-order valence-electron chi connectivity index (χ4n) is 2.63. The Balaban J connectivity index is 2.20. The molecule has 1 aromatic carbocycles. The summed E-state index contributed by atoms with van der Waals surface area (Å²) in [5.74, 6) is -0.972. The Kier molecular flexibility index (Phi) is 5.42. The summed E-state index contributed by atoms with van der Waals surface area (Å²) in [5.41, 5.74) is 0.730. The molecule has 120 valence electrons. The van der Waals surface area contributed by atoms with Crippen molar-refractivity contribution in [3.8, 4) is 0 Å². The maximum Gasteiger partial charge on any atom is 0.253 e. The van der Waals surface area contributed by atoms with Gasteiger partial charge >= 0.3 is 0 Å². The molecule has 2 unspecified atom stereocenters. The molecule has 1 aromatic rings. The van der Waals surface area contributed by atoms with Crippen molar-refractivity contribution >= 4 is 29.1 Å². The summed E-state index contributed by atoms with van der Waals surface area (Å²) in [5, 5.41) is 15.8. The molecule has 5 nitrogen and oxygen atoms in total. The first kappa shape index (κ1) is 16.8. The standard InChI is InChI=1S/C16H21ClN2O3/c1-9(2)18-15(21)11-7-6-10(17)8-13(11)19-16(22)12-4-3-5-14(12)20/h6-9,12,14,20H,3-5H2,1-2H3,(H,18,21)(H,19,22). The summed E-state index contributed by atoms with van der Waals surface area (Å²) in [7, 11) is 0. The first-order chi connectivity index (χ1) is 10.4. The molecule has 1 aliphatic carbocycles. The summed E-state index contributed by atoms with van der Waals surface area (Å²) < 4.78 is 0. The fraction of sp³-hybridized carbons (Fsp3) is 0.500. The highest BCUT2D eigenvalue weighted by molar-refractivity contribution is 6.31. The minimum Gasteiger partial charge on any atom is -0.392 e. The van der Waals surface area contributed by atoms with Gasteiger partial charge in [-0.25, -0.2) is 0 Å². The molecule has 1 saturated carbocycles. The van der Waals surface area contributed by atoms with E-state index in [0.717, 1.165) is 6.42 Å². The average molecular weight is 325 g/mol. The largest absolute Gasteiger partial charge is 0.392 e. The van der Waals surface area contributed by atoms with Crippen LogP contribution in [0.1, 0.15) is 43.5 Å². The number of nitrogens with one attached hydrogen (secondary N) is 2. The van der Waals surface area contributed by atoms with E-state index in [4.69, 9.17) is 11.6 Å². The maximum atomic E-state index is 12.3. The normalized spacial score (nSPS) is 21.0. The average Bonchev–Trinajstić information content (AvgIpc) is 2.84. The van der Waals surface area contributed by atoms with Gasteiger partial charge in [-0.3, -0.25) is 9.59 Å². The minimum absolute atomic E-state index is 0.0108. The summed E-state index contributed by atoms with van der Waals surface area (Å²) in [4.78, 5) is 24.5. The number of halogens is 1. The van der Waals surface area contributed by atoms with E-state index in [1.54, 1.807) is 18.2 Å². The first-order valence-electron chi connectivity index (χ1n) is 7.48. The van der Waals surface area contributed by atoms with Crippen molar-refractivity contribution in [2.24, 2.45) is 5.92 Å². The minimum atomic E-state index is -0.618. The van der Waals surface area contributed by atoms with Crippen molar-refractivity contribution in [2.45, 2.75) is 45.3 Å². The summed E-state index contributed by atoms with van der Waals surface area (Å²) in [6, 6.07) is 4.73. The Hall–Kier alpha value is -1.59. The van der Waals surface area contributed by atoms with Gasteiger partial charge in [0.1, 0.15) is 0 Å². The van der Waals surface area contributed by atoms with Crippen LogP contribution in [0, 0.1) is 5.92 Å². The Bertz CT molecular complexity index is 575. The zero-order valence-corrected chi connectivity index (χ0v) is 13.5. The van der Waals surface area contributed by atoms with E-state index in [0.29, 0.717) is 29.1 Å². The van der Waals surface area contributed by atoms with E-state index in [2.05, 4.69) is 10.6 Å². The Labute approximate surface area is 135 Å². The summed E-state index contributed by atoms with van der Waals surface area (Å²) >= 11 is 5.97. The quantitative estimate of drug-likeness (QED) is 0.796. The molecular formula is C16H21ClN2O3. The molecule has 0 saturated heterocycles. The molecule has 0 spiro atoms. The van der Waals surface area contributed by atoms with Crippen LogP contribution < -0.4 is 10.6 Å². The molecule has 0 aliphatic heterocycles. The Morgan fingerprint density at radius 3 is 2.64 bits per heavy atom. The molecule has 0 bridgehead atoms. The second kappa shape index (κ2) is 7.11. The van der Waals surface area contributed by atoms with Crippen LogP contribution in [0.5, 0.6) is 0 Å². The predicted octanol–water partition coefficient (Wildman–Crippen LogP) is 2.58. The molecule has 1 aliphatic rings. The topological polar surface area (TPSA) is 78.4 Å². The van der Waals surface area contributed by atoms with Gasteiger partial charge in [-0.15, -0.1) is 0 Å². The van der Waals surface area contributed by atoms with Crippen molar-refractivity contribution < 1.29 is 14.7 Å². The van der Waals surface area contributed by atoms with Crippen LogP contribution in [0.2, 0.25) is 5.02 Å². The second-order valence-corrected chi connectivity index (χ2v) is 6.35. The number of aliphatic hydroxyl groups is 1. The number of hydrogen-bond donors (Lipinski definition) is 3. The van der Waals surface area contributed by atoms with Gasteiger partial charge in [0.2, 0.25) is 5.91 Å². The fourth-order valence-corrected chi connectivity index (χ4v) is 2.80. The van der Waals surface area contributed by atoms with Gasteiger partial charge in [0, 0.05) is 11.1 Å². The summed E-state index contributed by atoms with van der Waals surface area (Å²) in [6.45, 7) is 3.72. The second-order valence-electron chi connectivity index (χ2n) is 5.91. The van der Waals surface area contributed by atoms with Crippen molar-refractivity contribution in [3.05, 3.63) is 28.8 Å². The van der Waals surface area contributed by atoms with Gasteiger partial charge in [-0.1, -0.05) is 11.6 Å². The van der Waals surface area contributed by atoms with Crippen molar-refractivity contribution in [1.82, 2.24) is 5.32 Å². The third-order valence-corrected chi connectivity index (χ3v) is 3.96. The zero-order valence-electron chi connectivity index (χ0n) is 12.7. The lowest BCUT2D eigenvalue weighted by Crippen LogP contribution is -2.32. The number of benzene rings is 1. The molecule has 0 heterocycles. The number of hydrogen-bond acceptors (Lipinski definition) is 3. The molecule has 1 fully saturated rings.